The first-order chi connectivity index (χ1) is 16.2. The molecule has 4 rings (SSSR count). The summed E-state index contributed by atoms with van der Waals surface area (Å²) >= 11 is 0. The van der Waals surface area contributed by atoms with E-state index in [1.807, 2.05) is 0 Å². The summed E-state index contributed by atoms with van der Waals surface area (Å²) in [6, 6.07) is 9.99. The fraction of sp³-hybridized carbons (Fsp3) is 0.292. The number of nitrogens with one attached hydrogen (secondary N) is 3. The number of amidine groups is 2. The van der Waals surface area contributed by atoms with Crippen molar-refractivity contribution in [1.29, 1.82) is 10.8 Å². The van der Waals surface area contributed by atoms with Crippen LogP contribution >= 0.6 is 0 Å². The molecule has 1 amide bonds. The average molecular weight is 466 g/mol. The van der Waals surface area contributed by atoms with Gasteiger partial charge >= 0.3 is 0 Å². The van der Waals surface area contributed by atoms with Crippen LogP contribution in [0.25, 0.3) is 10.8 Å². The Labute approximate surface area is 194 Å². The number of rotatable bonds is 4. The second-order valence-corrected chi connectivity index (χ2v) is 8.35. The van der Waals surface area contributed by atoms with E-state index in [9.17, 15) is 18.4 Å². The SMILES string of the molecule is CC1C(=N)N(C(=N)CF)C(C)CN1C(=O)c1cc(Cc2n[nH]c(=O)c3ccccc23)ccc1F. The van der Waals surface area contributed by atoms with E-state index in [2.05, 4.69) is 10.2 Å². The van der Waals surface area contributed by atoms with Gasteiger partial charge < -0.3 is 9.80 Å². The molecular weight excluding hydrogens is 442 g/mol. The van der Waals surface area contributed by atoms with Crippen molar-refractivity contribution >= 4 is 28.4 Å². The Balaban J connectivity index is 1.64. The third-order valence-corrected chi connectivity index (χ3v) is 6.11. The number of piperazine rings is 1. The molecule has 3 aromatic rings. The second kappa shape index (κ2) is 9.12. The molecule has 1 fully saturated rings. The lowest BCUT2D eigenvalue weighted by molar-refractivity contribution is 0.0657. The van der Waals surface area contributed by atoms with E-state index in [1.165, 1.54) is 21.9 Å². The number of aromatic nitrogens is 2. The van der Waals surface area contributed by atoms with Gasteiger partial charge in [0.1, 0.15) is 24.2 Å². The molecule has 2 heterocycles. The van der Waals surface area contributed by atoms with Crippen LogP contribution in [0.4, 0.5) is 8.78 Å². The Morgan fingerprint density at radius 1 is 1.21 bits per heavy atom. The Morgan fingerprint density at radius 2 is 1.91 bits per heavy atom. The van der Waals surface area contributed by atoms with Crippen LogP contribution in [0.2, 0.25) is 0 Å². The molecule has 1 saturated heterocycles. The summed E-state index contributed by atoms with van der Waals surface area (Å²) in [7, 11) is 0. The van der Waals surface area contributed by atoms with Crippen molar-refractivity contribution in [3.05, 3.63) is 75.5 Å². The van der Waals surface area contributed by atoms with E-state index in [0.717, 1.165) is 0 Å². The molecular formula is C24H24F2N6O2. The lowest BCUT2D eigenvalue weighted by atomic mass is 10.0. The van der Waals surface area contributed by atoms with Crippen LogP contribution in [0.1, 0.15) is 35.5 Å². The smallest absolute Gasteiger partial charge is 0.272 e. The fourth-order valence-corrected chi connectivity index (χ4v) is 4.35. The number of fused-ring (bicyclic) bond motifs is 1. The van der Waals surface area contributed by atoms with Gasteiger partial charge in [-0.2, -0.15) is 5.10 Å². The third-order valence-electron chi connectivity index (χ3n) is 6.11. The highest BCUT2D eigenvalue weighted by molar-refractivity contribution is 6.05. The summed E-state index contributed by atoms with van der Waals surface area (Å²) in [5.74, 6) is -1.71. The molecule has 1 aliphatic heterocycles. The van der Waals surface area contributed by atoms with Gasteiger partial charge in [0.25, 0.3) is 11.5 Å². The van der Waals surface area contributed by atoms with Crippen LogP contribution in [-0.4, -0.2) is 62.9 Å². The van der Waals surface area contributed by atoms with Gasteiger partial charge in [0.15, 0.2) is 0 Å². The first-order valence-corrected chi connectivity index (χ1v) is 10.8. The topological polar surface area (TPSA) is 117 Å². The van der Waals surface area contributed by atoms with Crippen LogP contribution in [0.15, 0.2) is 47.3 Å². The van der Waals surface area contributed by atoms with Crippen LogP contribution < -0.4 is 5.56 Å². The molecule has 0 aliphatic carbocycles. The minimum atomic E-state index is -1.02. The summed E-state index contributed by atoms with van der Waals surface area (Å²) in [6.07, 6.45) is 0.265. The molecule has 176 valence electrons. The zero-order valence-corrected chi connectivity index (χ0v) is 18.7. The van der Waals surface area contributed by atoms with E-state index in [4.69, 9.17) is 10.8 Å². The summed E-state index contributed by atoms with van der Waals surface area (Å²) in [5.41, 5.74) is 0.761. The highest BCUT2D eigenvalue weighted by atomic mass is 19.1. The van der Waals surface area contributed by atoms with E-state index in [0.29, 0.717) is 22.0 Å². The fourth-order valence-electron chi connectivity index (χ4n) is 4.35. The number of amides is 1. The number of aromatic amines is 1. The van der Waals surface area contributed by atoms with E-state index < -0.39 is 30.5 Å². The van der Waals surface area contributed by atoms with Crippen LogP contribution in [0.5, 0.6) is 0 Å². The van der Waals surface area contributed by atoms with Gasteiger partial charge in [-0.25, -0.2) is 13.9 Å². The molecule has 0 bridgehead atoms. The molecule has 8 nitrogen and oxygen atoms in total. The first kappa shape index (κ1) is 23.2. The number of carbonyl (C=O) groups is 1. The highest BCUT2D eigenvalue weighted by Crippen LogP contribution is 2.23. The standard InChI is InChI=1S/C24H24F2N6O2/c1-13-12-31(14(2)22(28)32(13)21(27)11-25)24(34)18-9-15(7-8-19(18)26)10-20-16-5-3-4-6-17(16)23(33)30-29-20/h3-9,13-14,27-28H,10-12H2,1-2H3,(H,30,33). The number of H-pyrrole nitrogens is 1. The summed E-state index contributed by atoms with van der Waals surface area (Å²) in [4.78, 5) is 28.0. The normalized spacial score (nSPS) is 18.4. The average Bonchev–Trinajstić information content (AvgIpc) is 2.84. The molecule has 0 saturated carbocycles. The van der Waals surface area contributed by atoms with Gasteiger partial charge in [-0.1, -0.05) is 24.3 Å². The Hall–Kier alpha value is -3.95. The Morgan fingerprint density at radius 3 is 2.62 bits per heavy atom. The molecule has 34 heavy (non-hydrogen) atoms. The molecule has 1 aromatic heterocycles. The van der Waals surface area contributed by atoms with Gasteiger partial charge in [0, 0.05) is 18.4 Å². The monoisotopic (exact) mass is 466 g/mol. The number of benzene rings is 2. The number of hydrogen-bond acceptors (Lipinski definition) is 5. The lowest BCUT2D eigenvalue weighted by Gasteiger charge is -2.45. The number of halogens is 2. The number of carbonyl (C=O) groups excluding carboxylic acids is 1. The third kappa shape index (κ3) is 4.07. The van der Waals surface area contributed by atoms with Crippen molar-refractivity contribution in [2.24, 2.45) is 0 Å². The van der Waals surface area contributed by atoms with Crippen molar-refractivity contribution in [2.75, 3.05) is 13.2 Å². The van der Waals surface area contributed by atoms with Gasteiger partial charge in [-0.3, -0.25) is 20.4 Å². The summed E-state index contributed by atoms with van der Waals surface area (Å²) in [5, 5.41) is 23.9. The molecule has 0 radical (unpaired) electrons. The van der Waals surface area contributed by atoms with Gasteiger partial charge in [0.05, 0.1) is 28.7 Å². The number of hydrogen-bond donors (Lipinski definition) is 3. The highest BCUT2D eigenvalue weighted by Gasteiger charge is 2.38. The minimum absolute atomic E-state index is 0.0878. The number of nitrogens with zero attached hydrogens (tertiary/aromatic N) is 3. The Kier molecular flexibility index (Phi) is 6.23. The summed E-state index contributed by atoms with van der Waals surface area (Å²) in [6.45, 7) is 2.38. The number of alkyl halides is 1. The predicted molar refractivity (Wildman–Crippen MR) is 125 cm³/mol. The lowest BCUT2D eigenvalue weighted by Crippen LogP contribution is -2.62. The van der Waals surface area contributed by atoms with Crippen LogP contribution in [-0.2, 0) is 6.42 Å². The van der Waals surface area contributed by atoms with Crippen molar-refractivity contribution < 1.29 is 13.6 Å². The quantitative estimate of drug-likeness (QED) is 0.405. The van der Waals surface area contributed by atoms with Crippen LogP contribution in [0.3, 0.4) is 0 Å². The minimum Gasteiger partial charge on any atom is -0.327 e. The van der Waals surface area contributed by atoms with Crippen molar-refractivity contribution in [1.82, 2.24) is 20.0 Å². The molecule has 2 atom stereocenters. The van der Waals surface area contributed by atoms with E-state index >= 15 is 0 Å². The molecule has 2 unspecified atom stereocenters. The molecule has 10 heteroatoms. The zero-order chi connectivity index (χ0) is 24.6. The van der Waals surface area contributed by atoms with Crippen LogP contribution in [0, 0.1) is 16.6 Å². The van der Waals surface area contributed by atoms with Gasteiger partial charge in [-0.05, 0) is 37.6 Å². The maximum absolute atomic E-state index is 14.7. The van der Waals surface area contributed by atoms with E-state index in [1.54, 1.807) is 44.2 Å². The maximum Gasteiger partial charge on any atom is 0.272 e. The van der Waals surface area contributed by atoms with E-state index in [-0.39, 0.29) is 35.8 Å². The predicted octanol–water partition coefficient (Wildman–Crippen LogP) is 3.11. The molecule has 0 spiro atoms. The molecule has 2 aromatic carbocycles. The summed E-state index contributed by atoms with van der Waals surface area (Å²) < 4.78 is 27.8. The largest absolute Gasteiger partial charge is 0.327 e. The first-order valence-electron chi connectivity index (χ1n) is 10.8. The van der Waals surface area contributed by atoms with Crippen molar-refractivity contribution in [3.8, 4) is 0 Å². The molecule has 3 N–H and O–H groups in total. The zero-order valence-electron chi connectivity index (χ0n) is 18.7. The van der Waals surface area contributed by atoms with Gasteiger partial charge in [0.2, 0.25) is 0 Å². The maximum atomic E-state index is 14.7. The molecule has 1 aliphatic rings. The second-order valence-electron chi connectivity index (χ2n) is 8.35. The Bertz CT molecular complexity index is 1350. The van der Waals surface area contributed by atoms with Gasteiger partial charge in [-0.15, -0.1) is 0 Å². The van der Waals surface area contributed by atoms with Crippen molar-refractivity contribution in [2.45, 2.75) is 32.4 Å². The van der Waals surface area contributed by atoms with Crippen molar-refractivity contribution in [3.63, 3.8) is 0 Å².